The monoisotopic (exact) mass is 620 g/mol. The molecule has 0 aromatic heterocycles. The van der Waals surface area contributed by atoms with E-state index in [1.54, 1.807) is 30.3 Å². The van der Waals surface area contributed by atoms with Crippen molar-refractivity contribution in [3.8, 4) is 0 Å². The zero-order valence-electron chi connectivity index (χ0n) is 21.4. The number of carbonyl (C=O) groups is 1. The normalized spacial score (nSPS) is 16.1. The van der Waals surface area contributed by atoms with Gasteiger partial charge in [-0.05, 0) is 54.3 Å². The van der Waals surface area contributed by atoms with Gasteiger partial charge < -0.3 is 15.2 Å². The number of aryl methyl sites for hydroxylation is 1. The molecule has 0 bridgehead atoms. The fourth-order valence-corrected chi connectivity index (χ4v) is 6.27. The summed E-state index contributed by atoms with van der Waals surface area (Å²) >= 11 is 0. The Morgan fingerprint density at radius 1 is 0.952 bits per heavy atom. The van der Waals surface area contributed by atoms with E-state index in [9.17, 15) is 49.1 Å². The third-order valence-corrected chi connectivity index (χ3v) is 8.58. The van der Waals surface area contributed by atoms with Crippen molar-refractivity contribution < 1.29 is 53.8 Å². The number of nitrogens with one attached hydrogen (secondary N) is 1. The van der Waals surface area contributed by atoms with Gasteiger partial charge in [0.2, 0.25) is 0 Å². The summed E-state index contributed by atoms with van der Waals surface area (Å²) in [6.45, 7) is -0.438. The van der Waals surface area contributed by atoms with Crippen LogP contribution in [0.25, 0.3) is 0 Å². The van der Waals surface area contributed by atoms with Crippen molar-refractivity contribution in [2.75, 3.05) is 10.8 Å². The van der Waals surface area contributed by atoms with Crippen molar-refractivity contribution in [2.24, 2.45) is 0 Å². The summed E-state index contributed by atoms with van der Waals surface area (Å²) in [7, 11) is -4.58. The number of amides is 1. The third-order valence-electron chi connectivity index (χ3n) is 6.70. The maximum atomic E-state index is 13.7. The molecule has 0 unspecified atom stereocenters. The van der Waals surface area contributed by atoms with Crippen LogP contribution in [0.4, 0.5) is 41.2 Å². The highest BCUT2D eigenvalue weighted by Gasteiger charge is 2.71. The Hall–Kier alpha value is -3.85. The SMILES string of the molecule is O=C(NC[C@@H]1CCc2cc(C(O)(C(F)(F)F)C(F)(F)F)ccc2N1S(=O)(=O)c1ccc(F)cc1)OCc1ccccc1. The van der Waals surface area contributed by atoms with Gasteiger partial charge >= 0.3 is 18.4 Å². The van der Waals surface area contributed by atoms with Crippen LogP contribution in [0.2, 0.25) is 0 Å². The number of alkyl carbamates (subject to hydrolysis) is 1. The molecular weight excluding hydrogens is 597 g/mol. The van der Waals surface area contributed by atoms with Crippen molar-refractivity contribution in [2.45, 2.75) is 48.3 Å². The maximum absolute atomic E-state index is 13.7. The molecule has 42 heavy (non-hydrogen) atoms. The van der Waals surface area contributed by atoms with E-state index in [0.717, 1.165) is 34.6 Å². The molecule has 1 atom stereocenters. The number of nitrogens with zero attached hydrogens (tertiary/aromatic N) is 1. The van der Waals surface area contributed by atoms with Gasteiger partial charge in [-0.15, -0.1) is 0 Å². The molecule has 0 radical (unpaired) electrons. The van der Waals surface area contributed by atoms with Crippen molar-refractivity contribution in [3.05, 3.63) is 95.3 Å². The summed E-state index contributed by atoms with van der Waals surface area (Å²) in [6, 6.07) is 12.7. The fraction of sp³-hybridized carbons (Fsp3) is 0.296. The van der Waals surface area contributed by atoms with Gasteiger partial charge in [0.25, 0.3) is 15.6 Å². The van der Waals surface area contributed by atoms with E-state index in [0.29, 0.717) is 17.7 Å². The third kappa shape index (κ3) is 6.02. The molecule has 4 rings (SSSR count). The highest BCUT2D eigenvalue weighted by atomic mass is 32.2. The van der Waals surface area contributed by atoms with E-state index >= 15 is 0 Å². The number of hydrogen-bond acceptors (Lipinski definition) is 5. The predicted molar refractivity (Wildman–Crippen MR) is 135 cm³/mol. The molecule has 0 spiro atoms. The number of hydrogen-bond donors (Lipinski definition) is 2. The Morgan fingerprint density at radius 2 is 1.57 bits per heavy atom. The minimum Gasteiger partial charge on any atom is -0.445 e. The second kappa shape index (κ2) is 11.4. The number of halogens is 7. The molecule has 7 nitrogen and oxygen atoms in total. The minimum atomic E-state index is -6.14. The Labute approximate surface area is 235 Å². The molecule has 1 aliphatic rings. The molecule has 1 amide bonds. The van der Waals surface area contributed by atoms with E-state index < -0.39 is 56.4 Å². The summed E-state index contributed by atoms with van der Waals surface area (Å²) < 4.78 is 128. The van der Waals surface area contributed by atoms with Gasteiger partial charge in [-0.2, -0.15) is 26.3 Å². The van der Waals surface area contributed by atoms with Crippen LogP contribution in [-0.2, 0) is 33.4 Å². The fourth-order valence-electron chi connectivity index (χ4n) is 4.56. The van der Waals surface area contributed by atoms with E-state index in [2.05, 4.69) is 5.32 Å². The van der Waals surface area contributed by atoms with Crippen LogP contribution in [0.5, 0.6) is 0 Å². The lowest BCUT2D eigenvalue weighted by Gasteiger charge is -2.39. The van der Waals surface area contributed by atoms with Gasteiger partial charge in [0.05, 0.1) is 16.6 Å². The van der Waals surface area contributed by atoms with Crippen molar-refractivity contribution in [3.63, 3.8) is 0 Å². The second-order valence-corrected chi connectivity index (χ2v) is 11.3. The number of sulfonamides is 1. The standard InChI is InChI=1S/C27H23F7N2O5S/c28-20-8-11-22(12-9-20)42(39,40)36-21(15-35-24(37)41-16-17-4-2-1-3-5-17)10-6-18-14-19(7-13-23(18)36)25(38,26(29,30)31)27(32,33)34/h1-5,7-9,11-14,21,38H,6,10,15-16H2,(H,35,37)/t21-/m0/s1. The number of aliphatic hydroxyl groups is 1. The number of anilines is 1. The van der Waals surface area contributed by atoms with Crippen LogP contribution in [0.15, 0.2) is 77.7 Å². The largest absolute Gasteiger partial charge is 0.445 e. The first-order valence-electron chi connectivity index (χ1n) is 12.3. The zero-order valence-corrected chi connectivity index (χ0v) is 22.2. The molecule has 2 N–H and O–H groups in total. The lowest BCUT2D eigenvalue weighted by atomic mass is 9.88. The van der Waals surface area contributed by atoms with Crippen molar-refractivity contribution in [1.82, 2.24) is 5.32 Å². The number of fused-ring (bicyclic) bond motifs is 1. The Balaban J connectivity index is 1.69. The first-order valence-corrected chi connectivity index (χ1v) is 13.7. The maximum Gasteiger partial charge on any atom is 0.430 e. The lowest BCUT2D eigenvalue weighted by molar-refractivity contribution is -0.376. The average Bonchev–Trinajstić information content (AvgIpc) is 2.93. The molecule has 1 heterocycles. The number of rotatable bonds is 7. The Morgan fingerprint density at radius 3 is 2.17 bits per heavy atom. The average molecular weight is 621 g/mol. The quantitative estimate of drug-likeness (QED) is 0.337. The molecule has 15 heteroatoms. The zero-order chi connectivity index (χ0) is 30.9. The number of carbonyl (C=O) groups excluding carboxylic acids is 1. The van der Waals surface area contributed by atoms with E-state index in [4.69, 9.17) is 4.74 Å². The van der Waals surface area contributed by atoms with Gasteiger partial charge in [0, 0.05) is 12.1 Å². The summed E-state index contributed by atoms with van der Waals surface area (Å²) in [5, 5.41) is 12.3. The Bertz CT molecular complexity index is 1520. The van der Waals surface area contributed by atoms with Crippen LogP contribution in [-0.4, -0.2) is 44.6 Å². The first kappa shape index (κ1) is 31.1. The molecule has 0 saturated carbocycles. The molecule has 3 aromatic carbocycles. The lowest BCUT2D eigenvalue weighted by Crippen LogP contribution is -2.54. The van der Waals surface area contributed by atoms with Crippen LogP contribution >= 0.6 is 0 Å². The Kier molecular flexibility index (Phi) is 8.47. The number of benzene rings is 3. The van der Waals surface area contributed by atoms with Gasteiger partial charge in [0.15, 0.2) is 0 Å². The molecule has 3 aromatic rings. The predicted octanol–water partition coefficient (Wildman–Crippen LogP) is 5.57. The van der Waals surface area contributed by atoms with Crippen LogP contribution in [0.1, 0.15) is 23.1 Å². The molecular formula is C27H23F7N2O5S. The van der Waals surface area contributed by atoms with Crippen molar-refractivity contribution >= 4 is 21.8 Å². The molecule has 1 aliphatic heterocycles. The number of alkyl halides is 6. The molecule has 0 aliphatic carbocycles. The summed E-state index contributed by atoms with van der Waals surface area (Å²) in [6.07, 6.45) is -13.5. The van der Waals surface area contributed by atoms with Gasteiger partial charge in [-0.1, -0.05) is 42.5 Å². The summed E-state index contributed by atoms with van der Waals surface area (Å²) in [5.74, 6) is -0.754. The topological polar surface area (TPSA) is 95.9 Å². The smallest absolute Gasteiger partial charge is 0.430 e. The number of ether oxygens (including phenoxy) is 1. The molecule has 226 valence electrons. The van der Waals surface area contributed by atoms with E-state index in [1.807, 2.05) is 0 Å². The van der Waals surface area contributed by atoms with Crippen LogP contribution < -0.4 is 9.62 Å². The molecule has 0 fully saturated rings. The van der Waals surface area contributed by atoms with Gasteiger partial charge in [-0.3, -0.25) is 4.31 Å². The van der Waals surface area contributed by atoms with Gasteiger partial charge in [0.1, 0.15) is 12.4 Å². The highest BCUT2D eigenvalue weighted by Crippen LogP contribution is 2.51. The highest BCUT2D eigenvalue weighted by molar-refractivity contribution is 7.92. The first-order chi connectivity index (χ1) is 19.6. The minimum absolute atomic E-state index is 0.0954. The van der Waals surface area contributed by atoms with Crippen LogP contribution in [0, 0.1) is 5.82 Å². The second-order valence-electron chi connectivity index (χ2n) is 9.44. The van der Waals surface area contributed by atoms with E-state index in [-0.39, 0.29) is 37.2 Å². The van der Waals surface area contributed by atoms with Gasteiger partial charge in [-0.25, -0.2) is 17.6 Å². The van der Waals surface area contributed by atoms with Crippen molar-refractivity contribution in [1.29, 1.82) is 0 Å². The van der Waals surface area contributed by atoms with Crippen LogP contribution in [0.3, 0.4) is 0 Å². The van der Waals surface area contributed by atoms with E-state index in [1.165, 1.54) is 0 Å². The summed E-state index contributed by atoms with van der Waals surface area (Å²) in [4.78, 5) is 11.9. The summed E-state index contributed by atoms with van der Waals surface area (Å²) in [5.41, 5.74) is -6.58. The molecule has 0 saturated heterocycles.